The molecule has 0 aromatic heterocycles. The van der Waals surface area contributed by atoms with E-state index < -0.39 is 0 Å². The molecule has 0 N–H and O–H groups in total. The quantitative estimate of drug-likeness (QED) is 0.836. The van der Waals surface area contributed by atoms with Crippen molar-refractivity contribution in [3.05, 3.63) is 34.9 Å². The van der Waals surface area contributed by atoms with Crippen molar-refractivity contribution in [2.24, 2.45) is 5.92 Å². The summed E-state index contributed by atoms with van der Waals surface area (Å²) in [5.74, 6) is 2.04. The van der Waals surface area contributed by atoms with Crippen molar-refractivity contribution in [1.29, 1.82) is 0 Å². The molecule has 20 heavy (non-hydrogen) atoms. The van der Waals surface area contributed by atoms with Crippen molar-refractivity contribution < 1.29 is 4.79 Å². The first-order valence-corrected chi connectivity index (χ1v) is 8.80. The summed E-state index contributed by atoms with van der Waals surface area (Å²) in [7, 11) is 0. The fourth-order valence-corrected chi connectivity index (χ4v) is 4.30. The molecule has 1 saturated carbocycles. The van der Waals surface area contributed by atoms with Crippen molar-refractivity contribution in [2.45, 2.75) is 30.9 Å². The molecule has 1 heterocycles. The van der Waals surface area contributed by atoms with Gasteiger partial charge >= 0.3 is 0 Å². The number of hydrogen-bond acceptors (Lipinski definition) is 2. The Kier molecular flexibility index (Phi) is 4.57. The highest BCUT2D eigenvalue weighted by Crippen LogP contribution is 2.38. The Balaban J connectivity index is 1.61. The van der Waals surface area contributed by atoms with Crippen LogP contribution in [0.2, 0.25) is 5.02 Å². The minimum Gasteiger partial charge on any atom is -0.342 e. The van der Waals surface area contributed by atoms with E-state index in [4.69, 9.17) is 11.6 Å². The Morgan fingerprint density at radius 3 is 2.80 bits per heavy atom. The van der Waals surface area contributed by atoms with Crippen LogP contribution in [0.25, 0.3) is 0 Å². The van der Waals surface area contributed by atoms with E-state index in [0.29, 0.717) is 17.1 Å². The van der Waals surface area contributed by atoms with Gasteiger partial charge in [-0.15, -0.1) is 0 Å². The third-order valence-electron chi connectivity index (χ3n) is 4.11. The summed E-state index contributed by atoms with van der Waals surface area (Å²) in [6.45, 7) is 1.76. The number of thioether (sulfide) groups is 1. The lowest BCUT2D eigenvalue weighted by molar-refractivity contribution is -0.131. The molecular weight excluding hydrogens is 290 g/mol. The first kappa shape index (κ1) is 14.3. The highest BCUT2D eigenvalue weighted by molar-refractivity contribution is 7.99. The molecule has 108 valence electrons. The van der Waals surface area contributed by atoms with Crippen molar-refractivity contribution in [2.75, 3.05) is 18.8 Å². The topological polar surface area (TPSA) is 20.3 Å². The minimum absolute atomic E-state index is 0.355. The van der Waals surface area contributed by atoms with Crippen LogP contribution in [0.15, 0.2) is 24.3 Å². The molecule has 4 heteroatoms. The fourth-order valence-electron chi connectivity index (χ4n) is 2.70. The van der Waals surface area contributed by atoms with Gasteiger partial charge in [0.2, 0.25) is 5.91 Å². The van der Waals surface area contributed by atoms with E-state index in [0.717, 1.165) is 36.7 Å². The van der Waals surface area contributed by atoms with Crippen LogP contribution in [0, 0.1) is 5.92 Å². The second-order valence-electron chi connectivity index (χ2n) is 5.70. The molecule has 0 radical (unpaired) electrons. The molecule has 1 saturated heterocycles. The zero-order valence-corrected chi connectivity index (χ0v) is 13.1. The van der Waals surface area contributed by atoms with E-state index in [9.17, 15) is 4.79 Å². The fraction of sp³-hybridized carbons (Fsp3) is 0.562. The predicted octanol–water partition coefficient (Wildman–Crippen LogP) is 4.15. The minimum atomic E-state index is 0.355. The van der Waals surface area contributed by atoms with Gasteiger partial charge in [-0.05, 0) is 36.8 Å². The lowest BCUT2D eigenvalue weighted by atomic mass is 10.1. The lowest BCUT2D eigenvalue weighted by Crippen LogP contribution is -2.33. The molecule has 1 aromatic rings. The summed E-state index contributed by atoms with van der Waals surface area (Å²) in [4.78, 5) is 14.3. The molecule has 2 aliphatic rings. The van der Waals surface area contributed by atoms with Crippen LogP contribution < -0.4 is 0 Å². The smallest absolute Gasteiger partial charge is 0.222 e. The van der Waals surface area contributed by atoms with Gasteiger partial charge in [-0.25, -0.2) is 0 Å². The Labute approximate surface area is 129 Å². The van der Waals surface area contributed by atoms with Crippen LogP contribution in [0.3, 0.4) is 0 Å². The van der Waals surface area contributed by atoms with Crippen LogP contribution in [-0.2, 0) is 4.79 Å². The molecule has 2 nitrogen and oxygen atoms in total. The van der Waals surface area contributed by atoms with Crippen molar-refractivity contribution >= 4 is 29.3 Å². The van der Waals surface area contributed by atoms with Gasteiger partial charge in [0.15, 0.2) is 0 Å². The van der Waals surface area contributed by atoms with Gasteiger partial charge in [0, 0.05) is 35.5 Å². The average molecular weight is 310 g/mol. The van der Waals surface area contributed by atoms with Gasteiger partial charge in [0.1, 0.15) is 0 Å². The van der Waals surface area contributed by atoms with E-state index in [-0.39, 0.29) is 0 Å². The summed E-state index contributed by atoms with van der Waals surface area (Å²) in [6.07, 6.45) is 4.26. The van der Waals surface area contributed by atoms with Gasteiger partial charge in [0.25, 0.3) is 0 Å². The summed E-state index contributed by atoms with van der Waals surface area (Å²) in [5.41, 5.74) is 1.22. The SMILES string of the molecule is O=C(CC1CC1)N1CCSC(c2ccccc2Cl)CC1. The van der Waals surface area contributed by atoms with E-state index in [1.165, 1.54) is 18.4 Å². The van der Waals surface area contributed by atoms with Crippen LogP contribution in [-0.4, -0.2) is 29.6 Å². The van der Waals surface area contributed by atoms with Crippen LogP contribution >= 0.6 is 23.4 Å². The van der Waals surface area contributed by atoms with Crippen LogP contribution in [0.1, 0.15) is 36.5 Å². The van der Waals surface area contributed by atoms with Crippen LogP contribution in [0.4, 0.5) is 0 Å². The highest BCUT2D eigenvalue weighted by Gasteiger charge is 2.28. The monoisotopic (exact) mass is 309 g/mol. The molecular formula is C16H20ClNOS. The molecule has 1 aliphatic carbocycles. The number of rotatable bonds is 3. The Bertz CT molecular complexity index is 489. The second-order valence-corrected chi connectivity index (χ2v) is 7.42. The van der Waals surface area contributed by atoms with Gasteiger partial charge < -0.3 is 4.90 Å². The molecule has 2 fully saturated rings. The van der Waals surface area contributed by atoms with Crippen molar-refractivity contribution in [3.63, 3.8) is 0 Å². The summed E-state index contributed by atoms with van der Waals surface area (Å²) < 4.78 is 0. The van der Waals surface area contributed by atoms with Gasteiger partial charge in [0.05, 0.1) is 0 Å². The van der Waals surface area contributed by atoms with Crippen molar-refractivity contribution in [1.82, 2.24) is 4.90 Å². The number of carbonyl (C=O) groups is 1. The maximum atomic E-state index is 12.2. The van der Waals surface area contributed by atoms with Gasteiger partial charge in [-0.3, -0.25) is 4.79 Å². The molecule has 0 bridgehead atoms. The van der Waals surface area contributed by atoms with E-state index >= 15 is 0 Å². The standard InChI is InChI=1S/C16H20ClNOS/c17-14-4-2-1-3-13(14)15-7-8-18(9-10-20-15)16(19)11-12-5-6-12/h1-4,12,15H,5-11H2. The maximum Gasteiger partial charge on any atom is 0.222 e. The number of carbonyl (C=O) groups excluding carboxylic acids is 1. The molecule has 0 spiro atoms. The number of nitrogens with zero attached hydrogens (tertiary/aromatic N) is 1. The first-order valence-electron chi connectivity index (χ1n) is 7.38. The number of benzene rings is 1. The molecule has 1 unspecified atom stereocenters. The predicted molar refractivity (Wildman–Crippen MR) is 85.2 cm³/mol. The Hall–Kier alpha value is -0.670. The summed E-state index contributed by atoms with van der Waals surface area (Å²) >= 11 is 8.22. The normalized spacial score (nSPS) is 23.4. The molecule has 3 rings (SSSR count). The molecule has 1 atom stereocenters. The maximum absolute atomic E-state index is 12.2. The zero-order chi connectivity index (χ0) is 13.9. The summed E-state index contributed by atoms with van der Waals surface area (Å²) in [5, 5.41) is 1.27. The number of hydrogen-bond donors (Lipinski definition) is 0. The Morgan fingerprint density at radius 2 is 2.05 bits per heavy atom. The largest absolute Gasteiger partial charge is 0.342 e. The molecule has 1 amide bonds. The highest BCUT2D eigenvalue weighted by atomic mass is 35.5. The first-order chi connectivity index (χ1) is 9.74. The molecule has 1 aromatic carbocycles. The Morgan fingerprint density at radius 1 is 1.25 bits per heavy atom. The number of halogens is 1. The number of amides is 1. The van der Waals surface area contributed by atoms with Crippen LogP contribution in [0.5, 0.6) is 0 Å². The zero-order valence-electron chi connectivity index (χ0n) is 11.6. The van der Waals surface area contributed by atoms with Gasteiger partial charge in [-0.2, -0.15) is 11.8 Å². The average Bonchev–Trinajstić information content (AvgIpc) is 3.25. The molecule has 1 aliphatic heterocycles. The lowest BCUT2D eigenvalue weighted by Gasteiger charge is -2.20. The van der Waals surface area contributed by atoms with E-state index in [2.05, 4.69) is 11.0 Å². The van der Waals surface area contributed by atoms with Gasteiger partial charge in [-0.1, -0.05) is 29.8 Å². The van der Waals surface area contributed by atoms with E-state index in [1.54, 1.807) is 0 Å². The third-order valence-corrected chi connectivity index (χ3v) is 5.76. The van der Waals surface area contributed by atoms with Crippen molar-refractivity contribution in [3.8, 4) is 0 Å². The third kappa shape index (κ3) is 3.50. The second kappa shape index (κ2) is 6.40. The summed E-state index contributed by atoms with van der Waals surface area (Å²) in [6, 6.07) is 8.08. The van der Waals surface area contributed by atoms with E-state index in [1.807, 2.05) is 30.0 Å².